The van der Waals surface area contributed by atoms with E-state index >= 15 is 0 Å². The molecule has 3 aromatic rings. The zero-order chi connectivity index (χ0) is 16.1. The number of fused-ring (bicyclic) bond motifs is 1. The molecule has 0 unspecified atom stereocenters. The minimum absolute atomic E-state index is 0.367. The van der Waals surface area contributed by atoms with Crippen molar-refractivity contribution in [2.24, 2.45) is 0 Å². The number of rotatable bonds is 6. The Hall–Kier alpha value is -2.18. The molecule has 5 nitrogen and oxygen atoms in total. The summed E-state index contributed by atoms with van der Waals surface area (Å²) in [5, 5.41) is 2.28. The summed E-state index contributed by atoms with van der Waals surface area (Å²) in [5.74, 6) is -0.391. The number of aromatic nitrogens is 3. The highest BCUT2D eigenvalue weighted by Crippen LogP contribution is 2.22. The number of aryl methyl sites for hydroxylation is 1. The van der Waals surface area contributed by atoms with Crippen molar-refractivity contribution in [3.05, 3.63) is 58.6 Å². The lowest BCUT2D eigenvalue weighted by Gasteiger charge is -2.02. The largest absolute Gasteiger partial charge is 0.463 e. The van der Waals surface area contributed by atoms with Gasteiger partial charge in [-0.05, 0) is 30.5 Å². The van der Waals surface area contributed by atoms with Crippen LogP contribution in [0.4, 0.5) is 0 Å². The third kappa shape index (κ3) is 3.97. The molecule has 23 heavy (non-hydrogen) atoms. The van der Waals surface area contributed by atoms with Crippen molar-refractivity contribution >= 4 is 39.9 Å². The normalized spacial score (nSPS) is 11.3. The molecule has 3 aromatic heterocycles. The molecule has 0 aliphatic rings. The summed E-state index contributed by atoms with van der Waals surface area (Å²) >= 11 is 7.54. The minimum Gasteiger partial charge on any atom is -0.463 e. The number of carbonyl (C=O) groups is 1. The predicted octanol–water partition coefficient (Wildman–Crippen LogP) is 3.63. The molecule has 0 aliphatic carbocycles. The van der Waals surface area contributed by atoms with Crippen LogP contribution < -0.4 is 0 Å². The summed E-state index contributed by atoms with van der Waals surface area (Å²) in [5.41, 5.74) is 1.81. The smallest absolute Gasteiger partial charge is 0.330 e. The van der Waals surface area contributed by atoms with E-state index in [1.807, 2.05) is 34.3 Å². The molecule has 0 radical (unpaired) electrons. The van der Waals surface area contributed by atoms with E-state index in [1.54, 1.807) is 12.3 Å². The molecule has 0 spiro atoms. The zero-order valence-corrected chi connectivity index (χ0v) is 13.8. The number of halogens is 1. The first-order valence-electron chi connectivity index (χ1n) is 7.09. The first-order chi connectivity index (χ1) is 11.2. The first-order valence-corrected chi connectivity index (χ1v) is 8.34. The van der Waals surface area contributed by atoms with Crippen LogP contribution in [0.1, 0.15) is 17.7 Å². The molecule has 0 saturated heterocycles. The van der Waals surface area contributed by atoms with Gasteiger partial charge in [-0.1, -0.05) is 17.7 Å². The van der Waals surface area contributed by atoms with Gasteiger partial charge in [0, 0.05) is 30.0 Å². The number of carbonyl (C=O) groups excluding carboxylic acids is 1. The highest BCUT2D eigenvalue weighted by atomic mass is 35.5. The van der Waals surface area contributed by atoms with Crippen LogP contribution in [0.3, 0.4) is 0 Å². The maximum atomic E-state index is 11.7. The Balaban J connectivity index is 1.49. The molecule has 0 saturated carbocycles. The molecule has 3 heterocycles. The fourth-order valence-electron chi connectivity index (χ4n) is 2.12. The number of hydrogen-bond donors (Lipinski definition) is 0. The summed E-state index contributed by atoms with van der Waals surface area (Å²) in [6.07, 6.45) is 9.99. The van der Waals surface area contributed by atoms with Gasteiger partial charge in [0.25, 0.3) is 0 Å². The van der Waals surface area contributed by atoms with Gasteiger partial charge < -0.3 is 4.74 Å². The van der Waals surface area contributed by atoms with E-state index in [2.05, 4.69) is 9.97 Å². The van der Waals surface area contributed by atoms with Crippen molar-refractivity contribution in [2.45, 2.75) is 12.8 Å². The Morgan fingerprint density at radius 1 is 1.48 bits per heavy atom. The van der Waals surface area contributed by atoms with E-state index in [0.717, 1.165) is 23.4 Å². The molecule has 118 valence electrons. The van der Waals surface area contributed by atoms with Crippen molar-refractivity contribution in [3.63, 3.8) is 0 Å². The Morgan fingerprint density at radius 2 is 2.39 bits per heavy atom. The summed E-state index contributed by atoms with van der Waals surface area (Å²) in [7, 11) is 0. The number of imidazole rings is 1. The lowest BCUT2D eigenvalue weighted by Crippen LogP contribution is -2.03. The van der Waals surface area contributed by atoms with E-state index in [0.29, 0.717) is 17.5 Å². The lowest BCUT2D eigenvalue weighted by atomic mass is 10.2. The van der Waals surface area contributed by atoms with Crippen molar-refractivity contribution in [1.29, 1.82) is 0 Å². The van der Waals surface area contributed by atoms with Gasteiger partial charge in [0.1, 0.15) is 0 Å². The van der Waals surface area contributed by atoms with Gasteiger partial charge in [-0.25, -0.2) is 9.78 Å². The van der Waals surface area contributed by atoms with Crippen molar-refractivity contribution < 1.29 is 9.53 Å². The second-order valence-electron chi connectivity index (χ2n) is 4.81. The van der Waals surface area contributed by atoms with Gasteiger partial charge in [-0.3, -0.25) is 9.38 Å². The van der Waals surface area contributed by atoms with Crippen molar-refractivity contribution in [2.75, 3.05) is 6.61 Å². The Bertz CT molecular complexity index is 826. The van der Waals surface area contributed by atoms with Crippen LogP contribution in [0.2, 0.25) is 5.15 Å². The number of pyridine rings is 1. The quantitative estimate of drug-likeness (QED) is 0.388. The van der Waals surface area contributed by atoms with Crippen LogP contribution in [-0.4, -0.2) is 26.9 Å². The van der Waals surface area contributed by atoms with Crippen LogP contribution in [0.25, 0.3) is 11.0 Å². The highest BCUT2D eigenvalue weighted by Gasteiger charge is 2.08. The summed E-state index contributed by atoms with van der Waals surface area (Å²) in [6.45, 7) is 0.367. The summed E-state index contributed by atoms with van der Waals surface area (Å²) < 4.78 is 7.01. The molecule has 0 amide bonds. The van der Waals surface area contributed by atoms with Gasteiger partial charge >= 0.3 is 5.97 Å². The van der Waals surface area contributed by atoms with Gasteiger partial charge in [0.2, 0.25) is 0 Å². The van der Waals surface area contributed by atoms with Gasteiger partial charge in [-0.2, -0.15) is 0 Å². The Morgan fingerprint density at radius 3 is 3.22 bits per heavy atom. The van der Waals surface area contributed by atoms with E-state index in [-0.39, 0.29) is 0 Å². The maximum Gasteiger partial charge on any atom is 0.330 e. The topological polar surface area (TPSA) is 56.5 Å². The third-order valence-electron chi connectivity index (χ3n) is 3.21. The van der Waals surface area contributed by atoms with Crippen LogP contribution in [0, 0.1) is 0 Å². The maximum absolute atomic E-state index is 11.7. The predicted molar refractivity (Wildman–Crippen MR) is 90.6 cm³/mol. The molecule has 0 N–H and O–H groups in total. The second-order valence-corrected chi connectivity index (χ2v) is 6.04. The number of esters is 1. The summed E-state index contributed by atoms with van der Waals surface area (Å²) in [4.78, 5) is 20.8. The lowest BCUT2D eigenvalue weighted by molar-refractivity contribution is -0.137. The van der Waals surface area contributed by atoms with E-state index in [4.69, 9.17) is 16.3 Å². The van der Waals surface area contributed by atoms with Crippen LogP contribution in [-0.2, 0) is 16.0 Å². The van der Waals surface area contributed by atoms with E-state index < -0.39 is 5.97 Å². The van der Waals surface area contributed by atoms with Crippen LogP contribution in [0.5, 0.6) is 0 Å². The van der Waals surface area contributed by atoms with E-state index in [9.17, 15) is 4.79 Å². The molecule has 0 fully saturated rings. The first kappa shape index (κ1) is 15.7. The zero-order valence-electron chi connectivity index (χ0n) is 12.2. The number of hydrogen-bond acceptors (Lipinski definition) is 5. The van der Waals surface area contributed by atoms with Gasteiger partial charge in [0.15, 0.2) is 10.1 Å². The molecule has 0 aliphatic heterocycles. The molecular weight excluding hydrogens is 334 g/mol. The highest BCUT2D eigenvalue weighted by molar-refractivity contribution is 7.15. The Labute approximate surface area is 142 Å². The molecule has 0 aromatic carbocycles. The Kier molecular flexibility index (Phi) is 5.05. The van der Waals surface area contributed by atoms with Crippen LogP contribution in [0.15, 0.2) is 42.2 Å². The monoisotopic (exact) mass is 347 g/mol. The number of ether oxygens (including phenoxy) is 1. The minimum atomic E-state index is -0.391. The third-order valence-corrected chi connectivity index (χ3v) is 4.24. The SMILES string of the molecule is O=C(/C=C/c1c(Cl)nc2sccn12)OCCCc1cccnc1. The number of nitrogens with zero attached hydrogens (tertiary/aromatic N) is 3. The average molecular weight is 348 g/mol. The number of thiazole rings is 1. The second kappa shape index (κ2) is 7.39. The summed E-state index contributed by atoms with van der Waals surface area (Å²) in [6, 6.07) is 3.90. The molecule has 0 atom stereocenters. The molecule has 3 rings (SSSR count). The molecule has 0 bridgehead atoms. The van der Waals surface area contributed by atoms with Crippen LogP contribution >= 0.6 is 22.9 Å². The fraction of sp³-hybridized carbons (Fsp3) is 0.188. The van der Waals surface area contributed by atoms with Crippen molar-refractivity contribution in [3.8, 4) is 0 Å². The molecular formula is C16H14ClN3O2S. The fourth-order valence-corrected chi connectivity index (χ4v) is 3.12. The standard InChI is InChI=1S/C16H14ClN3O2S/c17-15-13(20-8-10-23-16(20)19-15)5-6-14(21)22-9-2-4-12-3-1-7-18-11-12/h1,3,5-8,10-11H,2,4,9H2/b6-5+. The van der Waals surface area contributed by atoms with Gasteiger partial charge in [0.05, 0.1) is 12.3 Å². The van der Waals surface area contributed by atoms with Gasteiger partial charge in [-0.15, -0.1) is 11.3 Å². The molecule has 7 heteroatoms. The van der Waals surface area contributed by atoms with Crippen molar-refractivity contribution in [1.82, 2.24) is 14.4 Å². The van der Waals surface area contributed by atoms with E-state index in [1.165, 1.54) is 17.4 Å². The average Bonchev–Trinajstić information content (AvgIpc) is 3.11.